The first-order chi connectivity index (χ1) is 13.2. The Morgan fingerprint density at radius 3 is 2.68 bits per heavy atom. The molecule has 1 unspecified atom stereocenters. The molecule has 2 aliphatic heterocycles. The fourth-order valence-corrected chi connectivity index (χ4v) is 5.15. The third-order valence-corrected chi connectivity index (χ3v) is 7.32. The van der Waals surface area contributed by atoms with Crippen LogP contribution in [0.4, 0.5) is 0 Å². The third-order valence-electron chi connectivity index (χ3n) is 7.08. The number of aliphatic imine (C=N–C) groups is 1. The van der Waals surface area contributed by atoms with Crippen molar-refractivity contribution in [3.05, 3.63) is 12.3 Å². The van der Waals surface area contributed by atoms with Crippen molar-refractivity contribution in [2.75, 3.05) is 26.3 Å². The van der Waals surface area contributed by atoms with E-state index in [1.165, 1.54) is 32.1 Å². The van der Waals surface area contributed by atoms with Crippen LogP contribution in [0.1, 0.15) is 65.7 Å². The molecule has 2 heterocycles. The number of carbonyl (C=O) groups excluding carboxylic acids is 1. The van der Waals surface area contributed by atoms with Crippen molar-refractivity contribution in [1.82, 2.24) is 9.80 Å². The minimum absolute atomic E-state index is 0.0756. The van der Waals surface area contributed by atoms with Gasteiger partial charge in [-0.3, -0.25) is 9.79 Å². The maximum absolute atomic E-state index is 13.1. The number of nitrogens with zero attached hydrogens (tertiary/aromatic N) is 3. The highest BCUT2D eigenvalue weighted by molar-refractivity contribution is 6.68. The lowest BCUT2D eigenvalue weighted by Crippen LogP contribution is -2.62. The molecule has 1 saturated carbocycles. The van der Waals surface area contributed by atoms with Gasteiger partial charge in [-0.2, -0.15) is 0 Å². The molecule has 5 nitrogen and oxygen atoms in total. The number of halogens is 1. The van der Waals surface area contributed by atoms with Gasteiger partial charge in [-0.05, 0) is 24.8 Å². The molecule has 2 atom stereocenters. The van der Waals surface area contributed by atoms with Crippen molar-refractivity contribution in [2.45, 2.75) is 71.3 Å². The highest BCUT2D eigenvalue weighted by atomic mass is 35.5. The fourth-order valence-electron chi connectivity index (χ4n) is 5.04. The van der Waals surface area contributed by atoms with Gasteiger partial charge in [0.25, 0.3) is 0 Å². The normalized spacial score (nSPS) is 29.5. The lowest BCUT2D eigenvalue weighted by molar-refractivity contribution is -0.157. The Morgan fingerprint density at radius 1 is 1.36 bits per heavy atom. The molecular formula is C22H36ClN3O2. The van der Waals surface area contributed by atoms with Crippen molar-refractivity contribution >= 4 is 22.7 Å². The predicted octanol–water partition coefficient (Wildman–Crippen LogP) is 4.01. The lowest BCUT2D eigenvalue weighted by Gasteiger charge is -2.52. The van der Waals surface area contributed by atoms with Gasteiger partial charge < -0.3 is 14.9 Å². The van der Waals surface area contributed by atoms with Crippen LogP contribution >= 0.6 is 11.6 Å². The van der Waals surface area contributed by atoms with E-state index < -0.39 is 5.60 Å². The van der Waals surface area contributed by atoms with Crippen molar-refractivity contribution in [2.24, 2.45) is 22.2 Å². The van der Waals surface area contributed by atoms with Gasteiger partial charge in [-0.15, -0.1) is 0 Å². The number of hydrogen-bond donors (Lipinski definition) is 1. The van der Waals surface area contributed by atoms with E-state index in [-0.39, 0.29) is 17.2 Å². The van der Waals surface area contributed by atoms with Gasteiger partial charge >= 0.3 is 0 Å². The molecular weight excluding hydrogens is 374 g/mol. The number of piperidine rings is 1. The zero-order chi connectivity index (χ0) is 20.4. The molecule has 0 spiro atoms. The van der Waals surface area contributed by atoms with E-state index in [0.717, 1.165) is 6.42 Å². The van der Waals surface area contributed by atoms with Crippen molar-refractivity contribution in [3.8, 4) is 0 Å². The van der Waals surface area contributed by atoms with E-state index in [1.54, 1.807) is 6.08 Å². The smallest absolute Gasteiger partial charge is 0.225 e. The van der Waals surface area contributed by atoms with E-state index in [9.17, 15) is 9.90 Å². The summed E-state index contributed by atoms with van der Waals surface area (Å²) in [5.41, 5.74) is -1.25. The molecule has 158 valence electrons. The number of rotatable bonds is 5. The van der Waals surface area contributed by atoms with Crippen molar-refractivity contribution in [3.63, 3.8) is 0 Å². The molecule has 0 aromatic heterocycles. The van der Waals surface area contributed by atoms with Crippen LogP contribution in [-0.2, 0) is 4.79 Å². The van der Waals surface area contributed by atoms with E-state index in [4.69, 9.17) is 11.6 Å². The summed E-state index contributed by atoms with van der Waals surface area (Å²) in [6, 6.07) is 0. The number of amides is 1. The average Bonchev–Trinajstić information content (AvgIpc) is 2.66. The SMILES string of the molecule is C[C@H](CC1CCCCC1)C(=O)N1CCC(O)(CN2C=CC(Cl)=NC2)C(C)(C)C1. The molecule has 2 fully saturated rings. The largest absolute Gasteiger partial charge is 0.387 e. The summed E-state index contributed by atoms with van der Waals surface area (Å²) < 4.78 is 0. The number of allylic oxidation sites excluding steroid dienone is 1. The van der Waals surface area contributed by atoms with Gasteiger partial charge in [0.1, 0.15) is 11.8 Å². The Balaban J connectivity index is 1.57. The first kappa shape index (κ1) is 21.6. The van der Waals surface area contributed by atoms with Crippen LogP contribution in [-0.4, -0.2) is 57.9 Å². The third kappa shape index (κ3) is 4.91. The quantitative estimate of drug-likeness (QED) is 0.746. The van der Waals surface area contributed by atoms with Crippen LogP contribution in [0.3, 0.4) is 0 Å². The van der Waals surface area contributed by atoms with Gasteiger partial charge in [0.2, 0.25) is 5.91 Å². The molecule has 1 amide bonds. The number of likely N-dealkylation sites (tertiary alicyclic amines) is 1. The maximum Gasteiger partial charge on any atom is 0.225 e. The van der Waals surface area contributed by atoms with Gasteiger partial charge in [-0.1, -0.05) is 64.5 Å². The first-order valence-electron chi connectivity index (χ1n) is 10.8. The van der Waals surface area contributed by atoms with E-state index in [2.05, 4.69) is 25.8 Å². The Kier molecular flexibility index (Phi) is 6.76. The highest BCUT2D eigenvalue weighted by Gasteiger charge is 2.49. The summed E-state index contributed by atoms with van der Waals surface area (Å²) in [6.45, 7) is 8.42. The minimum atomic E-state index is -0.861. The molecule has 1 N–H and O–H groups in total. The number of carbonyl (C=O) groups is 1. The van der Waals surface area contributed by atoms with Crippen molar-refractivity contribution < 1.29 is 9.90 Å². The summed E-state index contributed by atoms with van der Waals surface area (Å²) in [6.07, 6.45) is 11.8. The molecule has 0 aromatic carbocycles. The van der Waals surface area contributed by atoms with E-state index in [1.807, 2.05) is 16.0 Å². The Labute approximate surface area is 174 Å². The Bertz CT molecular complexity index is 627. The Hall–Kier alpha value is -1.07. The summed E-state index contributed by atoms with van der Waals surface area (Å²) in [7, 11) is 0. The zero-order valence-corrected chi connectivity index (χ0v) is 18.4. The predicted molar refractivity (Wildman–Crippen MR) is 114 cm³/mol. The molecule has 0 bridgehead atoms. The molecule has 3 rings (SSSR count). The lowest BCUT2D eigenvalue weighted by atomic mass is 9.69. The van der Waals surface area contributed by atoms with Crippen molar-refractivity contribution in [1.29, 1.82) is 0 Å². The van der Waals surface area contributed by atoms with E-state index >= 15 is 0 Å². The molecule has 1 saturated heterocycles. The second-order valence-corrected chi connectivity index (χ2v) is 10.1. The fraction of sp³-hybridized carbons (Fsp3) is 0.818. The van der Waals surface area contributed by atoms with Crippen LogP contribution in [0.5, 0.6) is 0 Å². The summed E-state index contributed by atoms with van der Waals surface area (Å²) >= 11 is 5.90. The maximum atomic E-state index is 13.1. The van der Waals surface area contributed by atoms with Gasteiger partial charge in [-0.25, -0.2) is 0 Å². The topological polar surface area (TPSA) is 56.1 Å². The molecule has 3 aliphatic rings. The molecule has 6 heteroatoms. The second kappa shape index (κ2) is 8.74. The monoisotopic (exact) mass is 409 g/mol. The molecule has 28 heavy (non-hydrogen) atoms. The molecule has 0 aromatic rings. The molecule has 1 aliphatic carbocycles. The standard InChI is InChI=1S/C22H36ClN3O2/c1-17(13-18-7-5-4-6-8-18)20(27)26-12-10-22(28,21(2,3)14-26)15-25-11-9-19(23)24-16-25/h9,11,17-18,28H,4-8,10,12-16H2,1-3H3/t17-,22?/m1/s1. The molecule has 0 radical (unpaired) electrons. The van der Waals surface area contributed by atoms with Gasteiger partial charge in [0, 0.05) is 37.2 Å². The van der Waals surface area contributed by atoms with Gasteiger partial charge in [0.15, 0.2) is 0 Å². The highest BCUT2D eigenvalue weighted by Crippen LogP contribution is 2.40. The van der Waals surface area contributed by atoms with Crippen LogP contribution in [0.2, 0.25) is 0 Å². The zero-order valence-electron chi connectivity index (χ0n) is 17.7. The first-order valence-corrected chi connectivity index (χ1v) is 11.2. The average molecular weight is 410 g/mol. The van der Waals surface area contributed by atoms with Crippen LogP contribution in [0, 0.1) is 17.3 Å². The second-order valence-electron chi connectivity index (χ2n) is 9.75. The van der Waals surface area contributed by atoms with Crippen LogP contribution < -0.4 is 0 Å². The van der Waals surface area contributed by atoms with Gasteiger partial charge in [0.05, 0.1) is 5.60 Å². The van der Waals surface area contributed by atoms with Crippen LogP contribution in [0.25, 0.3) is 0 Å². The van der Waals surface area contributed by atoms with E-state index in [0.29, 0.717) is 43.8 Å². The number of aliphatic hydroxyl groups is 1. The van der Waals surface area contributed by atoms with Crippen LogP contribution in [0.15, 0.2) is 17.3 Å². The summed E-state index contributed by atoms with van der Waals surface area (Å²) in [5.74, 6) is 1.04. The Morgan fingerprint density at radius 2 is 2.07 bits per heavy atom. The minimum Gasteiger partial charge on any atom is -0.387 e. The number of β-amino-alcohol motifs (C(OH)–C–C–N with tert-alkyl or cyclic N) is 1. The summed E-state index contributed by atoms with van der Waals surface area (Å²) in [5, 5.41) is 11.9. The number of hydrogen-bond acceptors (Lipinski definition) is 4. The summed E-state index contributed by atoms with van der Waals surface area (Å²) in [4.78, 5) is 21.3.